The van der Waals surface area contributed by atoms with E-state index >= 15 is 0 Å². The predicted molar refractivity (Wildman–Crippen MR) is 106 cm³/mol. The normalized spacial score (nSPS) is 11.1. The molecule has 0 unspecified atom stereocenters. The summed E-state index contributed by atoms with van der Waals surface area (Å²) in [7, 11) is -2.79. The van der Waals surface area contributed by atoms with Crippen molar-refractivity contribution < 1.29 is 28.3 Å². The van der Waals surface area contributed by atoms with Crippen molar-refractivity contribution in [3.63, 3.8) is 0 Å². The number of carbonyl (C=O) groups is 1. The van der Waals surface area contributed by atoms with E-state index < -0.39 is 16.0 Å². The predicted octanol–water partition coefficient (Wildman–Crippen LogP) is 3.72. The third-order valence-electron chi connectivity index (χ3n) is 3.83. The molecular weight excluding hydrogens is 404 g/mol. The van der Waals surface area contributed by atoms with Crippen LogP contribution in [0.1, 0.15) is 9.67 Å². The quantitative estimate of drug-likeness (QED) is 0.429. The number of carboxylic acids is 1. The highest BCUT2D eigenvalue weighted by molar-refractivity contribution is 7.93. The Kier molecular flexibility index (Phi) is 5.54. The van der Waals surface area contributed by atoms with Crippen molar-refractivity contribution >= 4 is 38.7 Å². The number of carboxylic acid groups (broad SMARTS) is 1. The molecule has 0 saturated heterocycles. The molecule has 28 heavy (non-hydrogen) atoms. The third-order valence-corrected chi connectivity index (χ3v) is 6.42. The molecule has 0 aliphatic carbocycles. The summed E-state index contributed by atoms with van der Waals surface area (Å²) in [6.45, 7) is 0. The molecule has 1 aromatic heterocycles. The van der Waals surface area contributed by atoms with Gasteiger partial charge in [-0.3, -0.25) is 15.4 Å². The second-order valence-electron chi connectivity index (χ2n) is 5.60. The van der Waals surface area contributed by atoms with Crippen molar-refractivity contribution in [2.24, 2.45) is 0 Å². The molecule has 4 N–H and O–H groups in total. The second kappa shape index (κ2) is 7.89. The average molecular weight is 420 g/mol. The Bertz CT molecular complexity index is 1110. The maximum absolute atomic E-state index is 12.8. The minimum atomic E-state index is -4.19. The van der Waals surface area contributed by atoms with Gasteiger partial charge in [0.2, 0.25) is 0 Å². The van der Waals surface area contributed by atoms with Crippen molar-refractivity contribution in [3.8, 4) is 16.2 Å². The number of thiophene rings is 1. The Labute approximate surface area is 165 Å². The van der Waals surface area contributed by atoms with Gasteiger partial charge in [0.25, 0.3) is 10.0 Å². The van der Waals surface area contributed by atoms with Gasteiger partial charge in [-0.25, -0.2) is 13.2 Å². The number of hydrogen-bond acceptors (Lipinski definition) is 7. The number of sulfonamides is 1. The molecule has 1 heterocycles. The molecule has 0 saturated carbocycles. The highest BCUT2D eigenvalue weighted by atomic mass is 32.2. The van der Waals surface area contributed by atoms with E-state index in [0.29, 0.717) is 10.6 Å². The van der Waals surface area contributed by atoms with Crippen LogP contribution in [-0.2, 0) is 10.0 Å². The monoisotopic (exact) mass is 420 g/mol. The van der Waals surface area contributed by atoms with Crippen LogP contribution in [0.25, 0.3) is 10.4 Å². The lowest BCUT2D eigenvalue weighted by atomic mass is 10.2. The molecule has 3 aromatic rings. The molecule has 10 heteroatoms. The number of benzene rings is 2. The first kappa shape index (κ1) is 19.7. The highest BCUT2D eigenvalue weighted by Gasteiger charge is 2.24. The SMILES string of the molecule is COc1ccc(S(=O)(=O)Nc2cc(-c3ccccc3)sc2C(=O)O)c(NO)c1. The molecule has 0 radical (unpaired) electrons. The maximum Gasteiger partial charge on any atom is 0.348 e. The van der Waals surface area contributed by atoms with E-state index in [9.17, 15) is 23.5 Å². The zero-order chi connectivity index (χ0) is 20.3. The summed E-state index contributed by atoms with van der Waals surface area (Å²) in [5.74, 6) is -0.913. The Balaban J connectivity index is 2.03. The fourth-order valence-electron chi connectivity index (χ4n) is 2.53. The summed E-state index contributed by atoms with van der Waals surface area (Å²) in [5.41, 5.74) is 2.42. The zero-order valence-corrected chi connectivity index (χ0v) is 16.2. The molecule has 8 nitrogen and oxygen atoms in total. The van der Waals surface area contributed by atoms with E-state index in [2.05, 4.69) is 4.72 Å². The van der Waals surface area contributed by atoms with Crippen LogP contribution in [0.4, 0.5) is 11.4 Å². The minimum Gasteiger partial charge on any atom is -0.497 e. The van der Waals surface area contributed by atoms with Gasteiger partial charge in [0.1, 0.15) is 15.5 Å². The summed E-state index contributed by atoms with van der Waals surface area (Å²) in [5, 5.41) is 18.7. The van der Waals surface area contributed by atoms with Crippen LogP contribution in [-0.4, -0.2) is 31.8 Å². The molecule has 0 bridgehead atoms. The van der Waals surface area contributed by atoms with Crippen LogP contribution in [0.5, 0.6) is 5.75 Å². The van der Waals surface area contributed by atoms with Crippen molar-refractivity contribution in [2.45, 2.75) is 4.90 Å². The molecular formula is C18H16N2O6S2. The number of aromatic carboxylic acids is 1. The minimum absolute atomic E-state index is 0.0592. The molecule has 2 aromatic carbocycles. The second-order valence-corrected chi connectivity index (χ2v) is 8.31. The van der Waals surface area contributed by atoms with Gasteiger partial charge in [0, 0.05) is 10.9 Å². The largest absolute Gasteiger partial charge is 0.497 e. The van der Waals surface area contributed by atoms with E-state index in [1.807, 2.05) is 11.5 Å². The van der Waals surface area contributed by atoms with Crippen LogP contribution in [0, 0.1) is 0 Å². The smallest absolute Gasteiger partial charge is 0.348 e. The van der Waals surface area contributed by atoms with E-state index in [-0.39, 0.29) is 21.1 Å². The molecule has 0 spiro atoms. The number of methoxy groups -OCH3 is 1. The van der Waals surface area contributed by atoms with Crippen LogP contribution in [0.15, 0.2) is 59.5 Å². The Hall–Kier alpha value is -3.08. The molecule has 0 aliphatic heterocycles. The molecule has 0 atom stereocenters. The number of nitrogens with one attached hydrogen (secondary N) is 2. The topological polar surface area (TPSA) is 125 Å². The third kappa shape index (κ3) is 3.93. The van der Waals surface area contributed by atoms with E-state index in [1.165, 1.54) is 31.4 Å². The lowest BCUT2D eigenvalue weighted by Gasteiger charge is -2.12. The fraction of sp³-hybridized carbons (Fsp3) is 0.0556. The molecule has 0 fully saturated rings. The van der Waals surface area contributed by atoms with Crippen LogP contribution >= 0.6 is 11.3 Å². The molecule has 0 amide bonds. The van der Waals surface area contributed by atoms with Gasteiger partial charge in [0.15, 0.2) is 0 Å². The first-order valence-corrected chi connectivity index (χ1v) is 10.2. The summed E-state index contributed by atoms with van der Waals surface area (Å²) in [6, 6.07) is 14.4. The number of anilines is 2. The number of hydrogen-bond donors (Lipinski definition) is 4. The van der Waals surface area contributed by atoms with Gasteiger partial charge in [-0.1, -0.05) is 30.3 Å². The summed E-state index contributed by atoms with van der Waals surface area (Å²) >= 11 is 0.961. The maximum atomic E-state index is 12.8. The Morgan fingerprint density at radius 1 is 1.07 bits per heavy atom. The van der Waals surface area contributed by atoms with Gasteiger partial charge in [-0.15, -0.1) is 11.3 Å². The van der Waals surface area contributed by atoms with Crippen molar-refractivity contribution in [1.82, 2.24) is 0 Å². The highest BCUT2D eigenvalue weighted by Crippen LogP contribution is 2.36. The van der Waals surface area contributed by atoms with Crippen molar-refractivity contribution in [1.29, 1.82) is 0 Å². The first-order valence-electron chi connectivity index (χ1n) is 7.89. The van der Waals surface area contributed by atoms with Gasteiger partial charge < -0.3 is 9.84 Å². The van der Waals surface area contributed by atoms with Crippen molar-refractivity contribution in [2.75, 3.05) is 17.3 Å². The summed E-state index contributed by atoms with van der Waals surface area (Å²) in [6.07, 6.45) is 0. The van der Waals surface area contributed by atoms with Crippen LogP contribution < -0.4 is 14.9 Å². The Morgan fingerprint density at radius 3 is 2.39 bits per heavy atom. The van der Waals surface area contributed by atoms with Gasteiger partial charge in [0.05, 0.1) is 18.5 Å². The molecule has 3 rings (SSSR count). The number of rotatable bonds is 7. The van der Waals surface area contributed by atoms with Gasteiger partial charge in [-0.05, 0) is 23.8 Å². The fourth-order valence-corrected chi connectivity index (χ4v) is 4.75. The van der Waals surface area contributed by atoms with Crippen molar-refractivity contribution in [3.05, 3.63) is 59.5 Å². The molecule has 146 valence electrons. The lowest BCUT2D eigenvalue weighted by Crippen LogP contribution is -2.16. The number of ether oxygens (including phenoxy) is 1. The average Bonchev–Trinajstić information content (AvgIpc) is 3.11. The molecule has 0 aliphatic rings. The zero-order valence-electron chi connectivity index (χ0n) is 14.5. The lowest BCUT2D eigenvalue weighted by molar-refractivity contribution is 0.0703. The van der Waals surface area contributed by atoms with E-state index in [1.54, 1.807) is 24.3 Å². The van der Waals surface area contributed by atoms with Gasteiger partial charge >= 0.3 is 5.97 Å². The Morgan fingerprint density at radius 2 is 1.79 bits per heavy atom. The summed E-state index contributed by atoms with van der Waals surface area (Å²) < 4.78 is 32.9. The van der Waals surface area contributed by atoms with Gasteiger partial charge in [-0.2, -0.15) is 0 Å². The summed E-state index contributed by atoms with van der Waals surface area (Å²) in [4.78, 5) is 11.8. The van der Waals surface area contributed by atoms with E-state index in [4.69, 9.17) is 4.74 Å². The standard InChI is InChI=1S/C18H16N2O6S2/c1-26-12-7-8-16(13(9-12)19-23)28(24,25)20-14-10-15(27-17(14)18(21)22)11-5-3-2-4-6-11/h2-10,19-20,23H,1H3,(H,21,22). The van der Waals surface area contributed by atoms with E-state index in [0.717, 1.165) is 16.9 Å². The van der Waals surface area contributed by atoms with Crippen LogP contribution in [0.2, 0.25) is 0 Å². The van der Waals surface area contributed by atoms with Crippen LogP contribution in [0.3, 0.4) is 0 Å². The first-order chi connectivity index (χ1) is 13.4.